The first-order valence-corrected chi connectivity index (χ1v) is 6.79. The highest BCUT2D eigenvalue weighted by molar-refractivity contribution is 6.28. The van der Waals surface area contributed by atoms with E-state index in [1.165, 1.54) is 0 Å². The van der Waals surface area contributed by atoms with Crippen molar-refractivity contribution in [3.63, 3.8) is 0 Å². The van der Waals surface area contributed by atoms with E-state index in [0.29, 0.717) is 11.3 Å². The summed E-state index contributed by atoms with van der Waals surface area (Å²) < 4.78 is 5.12. The Hall–Kier alpha value is -2.21. The minimum absolute atomic E-state index is 0.159. The van der Waals surface area contributed by atoms with E-state index in [0.717, 1.165) is 11.3 Å². The largest absolute Gasteiger partial charge is 0.448 e. The van der Waals surface area contributed by atoms with Crippen molar-refractivity contribution in [3.05, 3.63) is 56.4 Å². The molecule has 112 valence electrons. The van der Waals surface area contributed by atoms with Crippen LogP contribution in [0, 0.1) is 13.8 Å². The number of aromatic amines is 1. The van der Waals surface area contributed by atoms with Crippen LogP contribution in [0.15, 0.2) is 27.4 Å². The molecule has 0 aromatic carbocycles. The quantitative estimate of drug-likeness (QED) is 0.809. The van der Waals surface area contributed by atoms with Crippen LogP contribution < -0.4 is 16.2 Å². The number of hydrogen-bond acceptors (Lipinski definition) is 3. The van der Waals surface area contributed by atoms with E-state index in [1.807, 2.05) is 19.9 Å². The second-order valence-electron chi connectivity index (χ2n) is 4.69. The van der Waals surface area contributed by atoms with Crippen molar-refractivity contribution in [2.24, 2.45) is 0 Å². The third-order valence-electron chi connectivity index (χ3n) is 2.97. The van der Waals surface area contributed by atoms with Gasteiger partial charge in [-0.1, -0.05) is 0 Å². The fraction of sp³-hybridized carbons (Fsp3) is 0.286. The maximum Gasteiger partial charge on any atom is 0.315 e. The van der Waals surface area contributed by atoms with Gasteiger partial charge >= 0.3 is 6.03 Å². The summed E-state index contributed by atoms with van der Waals surface area (Å²) in [6.07, 6.45) is 0. The van der Waals surface area contributed by atoms with Gasteiger partial charge in [0.25, 0.3) is 5.56 Å². The predicted molar refractivity (Wildman–Crippen MR) is 79.3 cm³/mol. The molecule has 7 heteroatoms. The molecule has 6 nitrogen and oxygen atoms in total. The Morgan fingerprint density at radius 2 is 2.00 bits per heavy atom. The van der Waals surface area contributed by atoms with E-state index in [9.17, 15) is 9.59 Å². The first-order valence-electron chi connectivity index (χ1n) is 6.41. The molecule has 21 heavy (non-hydrogen) atoms. The maximum absolute atomic E-state index is 11.8. The molecule has 0 spiro atoms. The number of furan rings is 1. The number of carbonyl (C=O) groups excluding carboxylic acids is 1. The normalized spacial score (nSPS) is 10.4. The molecule has 2 aromatic heterocycles. The lowest BCUT2D eigenvalue weighted by molar-refractivity contribution is 0.239. The van der Waals surface area contributed by atoms with Crippen molar-refractivity contribution in [3.8, 4) is 0 Å². The molecule has 0 atom stereocenters. The summed E-state index contributed by atoms with van der Waals surface area (Å²) in [5, 5.41) is 5.52. The van der Waals surface area contributed by atoms with Gasteiger partial charge in [0, 0.05) is 11.3 Å². The smallest absolute Gasteiger partial charge is 0.315 e. The van der Waals surface area contributed by atoms with E-state index >= 15 is 0 Å². The van der Waals surface area contributed by atoms with Crippen molar-refractivity contribution in [1.82, 2.24) is 15.6 Å². The lowest BCUT2D eigenvalue weighted by atomic mass is 10.1. The van der Waals surface area contributed by atoms with Gasteiger partial charge in [-0.3, -0.25) is 4.79 Å². The molecular weight excluding hydrogens is 294 g/mol. The van der Waals surface area contributed by atoms with Crippen molar-refractivity contribution in [1.29, 1.82) is 0 Å². The summed E-state index contributed by atoms with van der Waals surface area (Å²) >= 11 is 5.63. The van der Waals surface area contributed by atoms with Gasteiger partial charge in [0.15, 0.2) is 5.22 Å². The number of urea groups is 1. The monoisotopic (exact) mass is 309 g/mol. The van der Waals surface area contributed by atoms with E-state index in [-0.39, 0.29) is 29.9 Å². The minimum atomic E-state index is -0.387. The summed E-state index contributed by atoms with van der Waals surface area (Å²) in [5.41, 5.74) is 1.98. The molecule has 0 aliphatic rings. The first kappa shape index (κ1) is 15.2. The number of aryl methyl sites for hydroxylation is 2. The van der Waals surface area contributed by atoms with E-state index in [1.54, 1.807) is 12.1 Å². The Morgan fingerprint density at radius 3 is 2.62 bits per heavy atom. The van der Waals surface area contributed by atoms with E-state index < -0.39 is 0 Å². The minimum Gasteiger partial charge on any atom is -0.448 e. The number of nitrogens with one attached hydrogen (secondary N) is 3. The number of halogens is 1. The second kappa shape index (κ2) is 6.49. The number of H-pyrrole nitrogens is 1. The molecule has 2 amide bonds. The van der Waals surface area contributed by atoms with Crippen molar-refractivity contribution >= 4 is 17.6 Å². The van der Waals surface area contributed by atoms with Crippen molar-refractivity contribution in [2.75, 3.05) is 0 Å². The highest BCUT2D eigenvalue weighted by Gasteiger charge is 2.08. The van der Waals surface area contributed by atoms with Crippen molar-refractivity contribution in [2.45, 2.75) is 26.9 Å². The van der Waals surface area contributed by atoms with Gasteiger partial charge < -0.3 is 20.0 Å². The lowest BCUT2D eigenvalue weighted by Gasteiger charge is -2.08. The fourth-order valence-electron chi connectivity index (χ4n) is 1.95. The average Bonchev–Trinajstić information content (AvgIpc) is 2.81. The van der Waals surface area contributed by atoms with Crippen LogP contribution in [0.2, 0.25) is 5.22 Å². The standard InChI is InChI=1S/C14H16ClN3O3/c1-8-5-9(2)18-13(19)11(8)7-17-14(20)16-6-10-3-4-12(15)21-10/h3-5H,6-7H2,1-2H3,(H,18,19)(H2,16,17,20). The van der Waals surface area contributed by atoms with E-state index in [4.69, 9.17) is 16.0 Å². The number of carbonyl (C=O) groups is 1. The maximum atomic E-state index is 11.8. The molecule has 3 N–H and O–H groups in total. The zero-order valence-corrected chi connectivity index (χ0v) is 12.5. The van der Waals surface area contributed by atoms with Gasteiger partial charge in [0.05, 0.1) is 13.1 Å². The zero-order chi connectivity index (χ0) is 15.4. The summed E-state index contributed by atoms with van der Waals surface area (Å²) in [6.45, 7) is 4.03. The van der Waals surface area contributed by atoms with Crippen LogP contribution in [-0.4, -0.2) is 11.0 Å². The molecule has 0 saturated heterocycles. The highest BCUT2D eigenvalue weighted by Crippen LogP contribution is 2.12. The van der Waals surface area contributed by atoms with Gasteiger partial charge in [-0.05, 0) is 49.2 Å². The summed E-state index contributed by atoms with van der Waals surface area (Å²) in [6, 6.07) is 4.76. The Morgan fingerprint density at radius 1 is 1.29 bits per heavy atom. The van der Waals surface area contributed by atoms with Gasteiger partial charge in [-0.25, -0.2) is 4.79 Å². The van der Waals surface area contributed by atoms with Crippen LogP contribution in [0.5, 0.6) is 0 Å². The third kappa shape index (κ3) is 4.13. The third-order valence-corrected chi connectivity index (χ3v) is 3.17. The molecule has 0 bridgehead atoms. The van der Waals surface area contributed by atoms with Crippen LogP contribution in [0.25, 0.3) is 0 Å². The number of amides is 2. The summed E-state index contributed by atoms with van der Waals surface area (Å²) in [4.78, 5) is 26.2. The number of rotatable bonds is 4. The van der Waals surface area contributed by atoms with Gasteiger partial charge in [0.1, 0.15) is 5.76 Å². The number of pyridine rings is 1. The molecule has 0 saturated carbocycles. The second-order valence-corrected chi connectivity index (χ2v) is 5.06. The highest BCUT2D eigenvalue weighted by atomic mass is 35.5. The van der Waals surface area contributed by atoms with Crippen LogP contribution in [0.1, 0.15) is 22.6 Å². The SMILES string of the molecule is Cc1cc(C)c(CNC(=O)NCc2ccc(Cl)o2)c(=O)[nH]1. The molecular formula is C14H16ClN3O3. The Bertz CT molecular complexity index is 706. The molecule has 0 radical (unpaired) electrons. The van der Waals surface area contributed by atoms with E-state index in [2.05, 4.69) is 15.6 Å². The van der Waals surface area contributed by atoms with Crippen LogP contribution in [0.3, 0.4) is 0 Å². The number of hydrogen-bond donors (Lipinski definition) is 3. The van der Waals surface area contributed by atoms with Gasteiger partial charge in [-0.2, -0.15) is 0 Å². The van der Waals surface area contributed by atoms with Crippen LogP contribution in [0.4, 0.5) is 4.79 Å². The molecule has 2 rings (SSSR count). The molecule has 2 aromatic rings. The lowest BCUT2D eigenvalue weighted by Crippen LogP contribution is -2.36. The molecule has 0 fully saturated rings. The van der Waals surface area contributed by atoms with Gasteiger partial charge in [-0.15, -0.1) is 0 Å². The average molecular weight is 310 g/mol. The molecule has 0 aliphatic carbocycles. The first-order chi connectivity index (χ1) is 9.95. The molecule has 0 aliphatic heterocycles. The topological polar surface area (TPSA) is 87.1 Å². The zero-order valence-electron chi connectivity index (χ0n) is 11.7. The fourth-order valence-corrected chi connectivity index (χ4v) is 2.11. The van der Waals surface area contributed by atoms with Crippen LogP contribution >= 0.6 is 11.6 Å². The van der Waals surface area contributed by atoms with Gasteiger partial charge in [0.2, 0.25) is 0 Å². The van der Waals surface area contributed by atoms with Crippen LogP contribution in [-0.2, 0) is 13.1 Å². The molecule has 0 unspecified atom stereocenters. The summed E-state index contributed by atoms with van der Waals surface area (Å²) in [7, 11) is 0. The summed E-state index contributed by atoms with van der Waals surface area (Å²) in [5.74, 6) is 0.555. The number of aromatic nitrogens is 1. The van der Waals surface area contributed by atoms with Crippen molar-refractivity contribution < 1.29 is 9.21 Å². The molecule has 2 heterocycles. The Labute approximate surface area is 126 Å². The Balaban J connectivity index is 1.88. The Kier molecular flexibility index (Phi) is 4.70. The predicted octanol–water partition coefficient (Wildman–Crippen LogP) is 2.24.